The van der Waals surface area contributed by atoms with E-state index in [1.54, 1.807) is 37.3 Å². The number of carbonyl (C=O) groups excluding carboxylic acids is 2. The van der Waals surface area contributed by atoms with Crippen molar-refractivity contribution in [2.75, 3.05) is 40.4 Å². The van der Waals surface area contributed by atoms with Gasteiger partial charge in [-0.05, 0) is 55.8 Å². The van der Waals surface area contributed by atoms with Gasteiger partial charge in [0.1, 0.15) is 12.6 Å². The fraction of sp³-hybridized carbons (Fsp3) is 0.654. The molecule has 11 nitrogen and oxygen atoms in total. The smallest absolute Gasteiger partial charge is 0.246 e. The molecule has 0 aliphatic heterocycles. The van der Waals surface area contributed by atoms with Crippen molar-refractivity contribution >= 4 is 11.8 Å². The Morgan fingerprint density at radius 2 is 1.78 bits per heavy atom. The molecule has 1 saturated carbocycles. The summed E-state index contributed by atoms with van der Waals surface area (Å²) in [6, 6.07) is 4.99. The second kappa shape index (κ2) is 13.9. The van der Waals surface area contributed by atoms with E-state index in [4.69, 9.17) is 9.47 Å². The Morgan fingerprint density at radius 3 is 2.41 bits per heavy atom. The zero-order chi connectivity index (χ0) is 26.8. The molecule has 1 heterocycles. The van der Waals surface area contributed by atoms with E-state index in [0.717, 1.165) is 38.8 Å². The largest absolute Gasteiger partial charge is 0.493 e. The van der Waals surface area contributed by atoms with Gasteiger partial charge in [-0.3, -0.25) is 9.59 Å². The molecule has 2 amide bonds. The lowest BCUT2D eigenvalue weighted by Gasteiger charge is -2.33. The van der Waals surface area contributed by atoms with E-state index < -0.39 is 6.04 Å². The molecule has 0 unspecified atom stereocenters. The summed E-state index contributed by atoms with van der Waals surface area (Å²) >= 11 is 0. The van der Waals surface area contributed by atoms with E-state index in [9.17, 15) is 9.59 Å². The summed E-state index contributed by atoms with van der Waals surface area (Å²) in [5, 5.41) is 15.8. The maximum Gasteiger partial charge on any atom is 0.246 e. The number of amides is 2. The van der Waals surface area contributed by atoms with Crippen LogP contribution < -0.4 is 14.8 Å². The van der Waals surface area contributed by atoms with E-state index in [1.165, 1.54) is 4.80 Å². The van der Waals surface area contributed by atoms with Crippen molar-refractivity contribution in [1.29, 1.82) is 0 Å². The predicted molar refractivity (Wildman–Crippen MR) is 140 cm³/mol. The van der Waals surface area contributed by atoms with E-state index in [-0.39, 0.29) is 24.4 Å². The number of ether oxygens (including phenoxy) is 2. The van der Waals surface area contributed by atoms with Crippen LogP contribution in [0.1, 0.15) is 52.9 Å². The summed E-state index contributed by atoms with van der Waals surface area (Å²) < 4.78 is 10.7. The summed E-state index contributed by atoms with van der Waals surface area (Å²) in [6.45, 7) is 8.92. The van der Waals surface area contributed by atoms with Crippen LogP contribution in [0.3, 0.4) is 0 Å². The van der Waals surface area contributed by atoms with Crippen LogP contribution in [0.15, 0.2) is 18.2 Å². The Morgan fingerprint density at radius 1 is 1.08 bits per heavy atom. The van der Waals surface area contributed by atoms with Crippen molar-refractivity contribution in [3.8, 4) is 22.9 Å². The van der Waals surface area contributed by atoms with Gasteiger partial charge in [0.15, 0.2) is 11.5 Å². The van der Waals surface area contributed by atoms with Gasteiger partial charge in [-0.15, -0.1) is 10.2 Å². The van der Waals surface area contributed by atoms with E-state index in [0.29, 0.717) is 42.4 Å². The highest BCUT2D eigenvalue weighted by molar-refractivity contribution is 5.87. The van der Waals surface area contributed by atoms with Gasteiger partial charge in [-0.25, -0.2) is 0 Å². The van der Waals surface area contributed by atoms with Crippen LogP contribution in [0.2, 0.25) is 0 Å². The maximum atomic E-state index is 13.5. The third-order valence-electron chi connectivity index (χ3n) is 7.01. The number of carbonyl (C=O) groups is 2. The molecule has 1 aromatic heterocycles. The SMILES string of the molecule is CC[C@@H](C(=O)NC1CCCC1)N(CCN(CC)CC)C(=O)Cn1nnc(-c2ccc(OC)c(OC)c2)n1. The Bertz CT molecular complexity index is 1020. The lowest BCUT2D eigenvalue weighted by atomic mass is 10.1. The number of benzene rings is 1. The molecule has 0 spiro atoms. The second-order valence-corrected chi connectivity index (χ2v) is 9.24. The highest BCUT2D eigenvalue weighted by Gasteiger charge is 2.31. The zero-order valence-electron chi connectivity index (χ0n) is 22.8. The normalized spacial score (nSPS) is 14.5. The molecule has 1 fully saturated rings. The molecule has 1 atom stereocenters. The lowest BCUT2D eigenvalue weighted by Crippen LogP contribution is -2.53. The van der Waals surface area contributed by atoms with Gasteiger partial charge in [-0.2, -0.15) is 4.80 Å². The fourth-order valence-corrected chi connectivity index (χ4v) is 4.77. The van der Waals surface area contributed by atoms with Gasteiger partial charge >= 0.3 is 0 Å². The molecule has 1 N–H and O–H groups in total. The van der Waals surface area contributed by atoms with Crippen molar-refractivity contribution < 1.29 is 19.1 Å². The first-order valence-electron chi connectivity index (χ1n) is 13.3. The average molecular weight is 516 g/mol. The zero-order valence-corrected chi connectivity index (χ0v) is 22.8. The molecule has 0 saturated heterocycles. The lowest BCUT2D eigenvalue weighted by molar-refractivity contribution is -0.142. The Hall–Kier alpha value is -3.21. The number of methoxy groups -OCH3 is 2. The Kier molecular flexibility index (Phi) is 10.7. The van der Waals surface area contributed by atoms with Crippen LogP contribution in [-0.2, 0) is 16.1 Å². The third-order valence-corrected chi connectivity index (χ3v) is 7.01. The molecule has 0 bridgehead atoms. The van der Waals surface area contributed by atoms with E-state index >= 15 is 0 Å². The average Bonchev–Trinajstić information content (AvgIpc) is 3.60. The molecule has 2 aromatic rings. The second-order valence-electron chi connectivity index (χ2n) is 9.24. The molecular formula is C26H41N7O4. The van der Waals surface area contributed by atoms with Crippen molar-refractivity contribution in [3.05, 3.63) is 18.2 Å². The van der Waals surface area contributed by atoms with Crippen LogP contribution in [0, 0.1) is 0 Å². The minimum absolute atomic E-state index is 0.0835. The molecule has 1 aliphatic rings. The highest BCUT2D eigenvalue weighted by Crippen LogP contribution is 2.30. The molecular weight excluding hydrogens is 474 g/mol. The summed E-state index contributed by atoms with van der Waals surface area (Å²) in [4.78, 5) is 32.0. The first-order chi connectivity index (χ1) is 17.9. The molecule has 3 rings (SSSR count). The quantitative estimate of drug-likeness (QED) is 0.408. The van der Waals surface area contributed by atoms with E-state index in [2.05, 4.69) is 39.5 Å². The van der Waals surface area contributed by atoms with Gasteiger partial charge in [0, 0.05) is 24.7 Å². The van der Waals surface area contributed by atoms with Crippen LogP contribution in [0.5, 0.6) is 11.5 Å². The van der Waals surface area contributed by atoms with Crippen molar-refractivity contribution in [3.63, 3.8) is 0 Å². The fourth-order valence-electron chi connectivity index (χ4n) is 4.77. The van der Waals surface area contributed by atoms with Gasteiger partial charge < -0.3 is 24.6 Å². The monoisotopic (exact) mass is 515 g/mol. The molecule has 1 aliphatic carbocycles. The van der Waals surface area contributed by atoms with Crippen molar-refractivity contribution in [1.82, 2.24) is 35.3 Å². The van der Waals surface area contributed by atoms with Crippen LogP contribution in [-0.4, -0.2) is 94.3 Å². The number of likely N-dealkylation sites (N-methyl/N-ethyl adjacent to an activating group) is 1. The molecule has 204 valence electrons. The summed E-state index contributed by atoms with van der Waals surface area (Å²) in [7, 11) is 3.13. The van der Waals surface area contributed by atoms with Crippen LogP contribution >= 0.6 is 0 Å². The van der Waals surface area contributed by atoms with Gasteiger partial charge in [0.2, 0.25) is 17.6 Å². The number of tetrazole rings is 1. The Balaban J connectivity index is 1.76. The predicted octanol–water partition coefficient (Wildman–Crippen LogP) is 2.37. The van der Waals surface area contributed by atoms with Crippen molar-refractivity contribution in [2.45, 2.75) is 71.5 Å². The standard InChI is InChI=1S/C26H41N7O4/c1-6-21(26(35)27-20-11-9-10-12-20)32(16-15-31(7-2)8-3)24(34)18-33-29-25(28-30-33)19-13-14-22(36-4)23(17-19)37-5/h13-14,17,20-21H,6-12,15-16,18H2,1-5H3,(H,27,35)/t21-/m0/s1. The minimum atomic E-state index is -0.544. The summed E-state index contributed by atoms with van der Waals surface area (Å²) in [5.41, 5.74) is 0.692. The van der Waals surface area contributed by atoms with E-state index in [1.807, 2.05) is 6.92 Å². The number of hydrogen-bond donors (Lipinski definition) is 1. The number of nitrogens with zero attached hydrogens (tertiary/aromatic N) is 6. The van der Waals surface area contributed by atoms with Crippen LogP contribution in [0.25, 0.3) is 11.4 Å². The maximum absolute atomic E-state index is 13.5. The number of nitrogens with one attached hydrogen (secondary N) is 1. The number of hydrogen-bond acceptors (Lipinski definition) is 8. The third kappa shape index (κ3) is 7.41. The molecule has 11 heteroatoms. The van der Waals surface area contributed by atoms with Crippen molar-refractivity contribution in [2.24, 2.45) is 0 Å². The van der Waals surface area contributed by atoms with Crippen LogP contribution in [0.4, 0.5) is 0 Å². The summed E-state index contributed by atoms with van der Waals surface area (Å²) in [5.74, 6) is 1.22. The topological polar surface area (TPSA) is 115 Å². The minimum Gasteiger partial charge on any atom is -0.493 e. The number of aromatic nitrogens is 4. The Labute approximate surface area is 219 Å². The molecule has 1 aromatic carbocycles. The molecule has 37 heavy (non-hydrogen) atoms. The summed E-state index contributed by atoms with van der Waals surface area (Å²) in [6.07, 6.45) is 4.79. The first kappa shape index (κ1) is 28.4. The van der Waals surface area contributed by atoms with Gasteiger partial charge in [0.05, 0.1) is 14.2 Å². The molecule has 0 radical (unpaired) electrons. The number of rotatable bonds is 14. The highest BCUT2D eigenvalue weighted by atomic mass is 16.5. The van der Waals surface area contributed by atoms with Gasteiger partial charge in [0.25, 0.3) is 0 Å². The first-order valence-corrected chi connectivity index (χ1v) is 13.3. The van der Waals surface area contributed by atoms with Gasteiger partial charge in [-0.1, -0.05) is 33.6 Å².